The van der Waals surface area contributed by atoms with Crippen molar-refractivity contribution in [3.05, 3.63) is 47.3 Å². The van der Waals surface area contributed by atoms with Crippen molar-refractivity contribution in [3.8, 4) is 0 Å². The van der Waals surface area contributed by atoms with Crippen LogP contribution in [0.4, 0.5) is 5.69 Å². The van der Waals surface area contributed by atoms with E-state index in [9.17, 15) is 18.3 Å². The third-order valence-electron chi connectivity index (χ3n) is 5.22. The number of hydrogen-bond acceptors (Lipinski definition) is 5. The number of aliphatic hydroxyl groups excluding tert-OH is 1. The van der Waals surface area contributed by atoms with Crippen LogP contribution in [0, 0.1) is 6.92 Å². The molecule has 0 bridgehead atoms. The molecule has 1 aromatic heterocycles. The molecule has 0 radical (unpaired) electrons. The highest BCUT2D eigenvalue weighted by molar-refractivity contribution is 7.87. The number of nitrogens with zero attached hydrogens (tertiary/aromatic N) is 3. The summed E-state index contributed by atoms with van der Waals surface area (Å²) in [5, 5.41) is 16.7. The minimum absolute atomic E-state index is 0.281. The Balaban J connectivity index is 1.82. The number of nitrogens with one attached hydrogen (secondary N) is 2. The van der Waals surface area contributed by atoms with Crippen molar-refractivity contribution in [1.29, 1.82) is 0 Å². The zero-order chi connectivity index (χ0) is 21.3. The highest BCUT2D eigenvalue weighted by Gasteiger charge is 2.41. The molecule has 29 heavy (non-hydrogen) atoms. The number of aromatic nitrogens is 2. The van der Waals surface area contributed by atoms with E-state index < -0.39 is 34.3 Å². The van der Waals surface area contributed by atoms with Gasteiger partial charge in [0.1, 0.15) is 6.04 Å². The fourth-order valence-electron chi connectivity index (χ4n) is 3.42. The number of amides is 1. The molecule has 3 rings (SSSR count). The molecular weight excluding hydrogens is 394 g/mol. The van der Waals surface area contributed by atoms with Gasteiger partial charge in [-0.3, -0.25) is 9.48 Å². The number of rotatable bonds is 5. The summed E-state index contributed by atoms with van der Waals surface area (Å²) in [6, 6.07) is 5.39. The Kier molecular flexibility index (Phi) is 6.08. The van der Waals surface area contributed by atoms with Crippen LogP contribution in [0.2, 0.25) is 0 Å². The topological polar surface area (TPSA) is 117 Å². The summed E-state index contributed by atoms with van der Waals surface area (Å²) in [5.74, 6) is -0.409. The van der Waals surface area contributed by atoms with Gasteiger partial charge in [-0.25, -0.2) is 0 Å². The molecule has 3 atom stereocenters. The van der Waals surface area contributed by atoms with Crippen LogP contribution in [-0.4, -0.2) is 46.6 Å². The van der Waals surface area contributed by atoms with Crippen molar-refractivity contribution >= 4 is 21.8 Å². The molecule has 1 aliphatic rings. The highest BCUT2D eigenvalue weighted by atomic mass is 32.2. The lowest BCUT2D eigenvalue weighted by atomic mass is 10.00. The van der Waals surface area contributed by atoms with Crippen LogP contribution in [-0.2, 0) is 21.5 Å². The van der Waals surface area contributed by atoms with E-state index in [1.165, 1.54) is 7.05 Å². The quantitative estimate of drug-likeness (QED) is 0.676. The summed E-state index contributed by atoms with van der Waals surface area (Å²) < 4.78 is 30.7. The summed E-state index contributed by atoms with van der Waals surface area (Å²) in [6.45, 7) is 6.11. The van der Waals surface area contributed by atoms with E-state index in [1.54, 1.807) is 35.9 Å². The van der Waals surface area contributed by atoms with Crippen molar-refractivity contribution in [2.75, 3.05) is 12.4 Å². The third kappa shape index (κ3) is 4.50. The first-order valence-electron chi connectivity index (χ1n) is 9.50. The van der Waals surface area contributed by atoms with Gasteiger partial charge in [0, 0.05) is 31.0 Å². The zero-order valence-electron chi connectivity index (χ0n) is 17.0. The lowest BCUT2D eigenvalue weighted by Crippen LogP contribution is -2.56. The Morgan fingerprint density at radius 1 is 1.38 bits per heavy atom. The van der Waals surface area contributed by atoms with Crippen molar-refractivity contribution in [3.63, 3.8) is 0 Å². The predicted octanol–water partition coefficient (Wildman–Crippen LogP) is 1.48. The molecule has 1 saturated heterocycles. The van der Waals surface area contributed by atoms with E-state index in [-0.39, 0.29) is 6.42 Å². The molecule has 2 heterocycles. The standard InChI is InChI=1S/C19H27N5O4S/c1-5-24-11-16(12(2)21-24)17-10-18(23(4)29(27,28)22-17)19(26)20-15-8-6-14(7-9-15)13(3)25/h6-9,11,13,17-18,22,25H,5,10H2,1-4H3,(H,20,26). The molecule has 9 nitrogen and oxygen atoms in total. The Hall–Kier alpha value is -2.27. The number of anilines is 1. The molecule has 0 aliphatic carbocycles. The van der Waals surface area contributed by atoms with Crippen molar-refractivity contribution in [2.45, 2.75) is 51.9 Å². The van der Waals surface area contributed by atoms with Gasteiger partial charge >= 0.3 is 0 Å². The Bertz CT molecular complexity index is 985. The van der Waals surface area contributed by atoms with Gasteiger partial charge in [0.25, 0.3) is 10.2 Å². The summed E-state index contributed by atoms with van der Waals surface area (Å²) >= 11 is 0. The van der Waals surface area contributed by atoms with Gasteiger partial charge in [-0.15, -0.1) is 0 Å². The van der Waals surface area contributed by atoms with Gasteiger partial charge in [-0.1, -0.05) is 12.1 Å². The first-order valence-corrected chi connectivity index (χ1v) is 10.9. The van der Waals surface area contributed by atoms with E-state index in [4.69, 9.17) is 0 Å². The van der Waals surface area contributed by atoms with Gasteiger partial charge in [0.2, 0.25) is 5.91 Å². The van der Waals surface area contributed by atoms with Crippen LogP contribution in [0.5, 0.6) is 0 Å². The molecular formula is C19H27N5O4S. The maximum Gasteiger partial charge on any atom is 0.280 e. The molecule has 10 heteroatoms. The van der Waals surface area contributed by atoms with Crippen molar-refractivity contribution in [2.24, 2.45) is 0 Å². The summed E-state index contributed by atoms with van der Waals surface area (Å²) in [6.07, 6.45) is 1.50. The second-order valence-corrected chi connectivity index (χ2v) is 9.02. The minimum Gasteiger partial charge on any atom is -0.389 e. The molecule has 3 unspecified atom stereocenters. The van der Waals surface area contributed by atoms with E-state index in [2.05, 4.69) is 15.1 Å². The number of carbonyl (C=O) groups is 1. The van der Waals surface area contributed by atoms with Crippen LogP contribution in [0.1, 0.15) is 49.2 Å². The second kappa shape index (κ2) is 8.23. The van der Waals surface area contributed by atoms with Crippen molar-refractivity contribution < 1.29 is 18.3 Å². The maximum atomic E-state index is 12.9. The fourth-order valence-corrected chi connectivity index (χ4v) is 4.69. The molecule has 1 aliphatic heterocycles. The lowest BCUT2D eigenvalue weighted by molar-refractivity contribution is -0.120. The van der Waals surface area contributed by atoms with Gasteiger partial charge in [-0.05, 0) is 44.9 Å². The first kappa shape index (κ1) is 21.4. The van der Waals surface area contributed by atoms with Gasteiger partial charge in [0.15, 0.2) is 0 Å². The largest absolute Gasteiger partial charge is 0.389 e. The van der Waals surface area contributed by atoms with Crippen LogP contribution in [0.3, 0.4) is 0 Å². The number of aliphatic hydroxyl groups is 1. The van der Waals surface area contributed by atoms with Gasteiger partial charge < -0.3 is 10.4 Å². The number of benzene rings is 1. The van der Waals surface area contributed by atoms with Crippen LogP contribution in [0.25, 0.3) is 0 Å². The normalized spacial score (nSPS) is 22.9. The van der Waals surface area contributed by atoms with E-state index in [1.807, 2.05) is 20.0 Å². The molecule has 0 saturated carbocycles. The van der Waals surface area contributed by atoms with E-state index >= 15 is 0 Å². The zero-order valence-corrected chi connectivity index (χ0v) is 17.8. The number of hydrogen-bond donors (Lipinski definition) is 3. The SMILES string of the molecule is CCn1cc(C2CC(C(=O)Nc3ccc(C(C)O)cc3)N(C)S(=O)(=O)N2)c(C)n1. The van der Waals surface area contributed by atoms with Crippen LogP contribution < -0.4 is 10.0 Å². The van der Waals surface area contributed by atoms with Gasteiger partial charge in [0.05, 0.1) is 17.8 Å². The maximum absolute atomic E-state index is 12.9. The average Bonchev–Trinajstić information content (AvgIpc) is 3.05. The Morgan fingerprint density at radius 3 is 2.59 bits per heavy atom. The van der Waals surface area contributed by atoms with Crippen LogP contribution in [0.15, 0.2) is 30.5 Å². The van der Waals surface area contributed by atoms with Crippen LogP contribution >= 0.6 is 0 Å². The van der Waals surface area contributed by atoms with E-state index in [0.29, 0.717) is 12.2 Å². The molecule has 158 valence electrons. The molecule has 1 fully saturated rings. The third-order valence-corrected chi connectivity index (χ3v) is 6.81. The summed E-state index contributed by atoms with van der Waals surface area (Å²) in [5.41, 5.74) is 2.77. The fraction of sp³-hybridized carbons (Fsp3) is 0.474. The predicted molar refractivity (Wildman–Crippen MR) is 109 cm³/mol. The number of aryl methyl sites for hydroxylation is 2. The molecule has 3 N–H and O–H groups in total. The Morgan fingerprint density at radius 2 is 2.03 bits per heavy atom. The first-order chi connectivity index (χ1) is 13.6. The Labute approximate surface area is 170 Å². The van der Waals surface area contributed by atoms with E-state index in [0.717, 1.165) is 21.1 Å². The van der Waals surface area contributed by atoms with Crippen molar-refractivity contribution in [1.82, 2.24) is 18.8 Å². The second-order valence-electron chi connectivity index (χ2n) is 7.26. The lowest BCUT2D eigenvalue weighted by Gasteiger charge is -2.36. The minimum atomic E-state index is -3.83. The van der Waals surface area contributed by atoms with Gasteiger partial charge in [-0.2, -0.15) is 22.5 Å². The molecule has 2 aromatic rings. The number of carbonyl (C=O) groups excluding carboxylic acids is 1. The monoisotopic (exact) mass is 421 g/mol. The average molecular weight is 422 g/mol. The number of likely N-dealkylation sites (N-methyl/N-ethyl adjacent to an activating group) is 1. The molecule has 0 spiro atoms. The molecule has 1 amide bonds. The highest BCUT2D eigenvalue weighted by Crippen LogP contribution is 2.30. The summed E-state index contributed by atoms with van der Waals surface area (Å²) in [7, 11) is -2.43. The smallest absolute Gasteiger partial charge is 0.280 e. The molecule has 1 aromatic carbocycles. The summed E-state index contributed by atoms with van der Waals surface area (Å²) in [4.78, 5) is 12.9.